The van der Waals surface area contributed by atoms with E-state index in [1.54, 1.807) is 0 Å². The van der Waals surface area contributed by atoms with Crippen LogP contribution in [0.1, 0.15) is 30.4 Å². The Hall–Kier alpha value is -1.02. The Kier molecular flexibility index (Phi) is 2.83. The van der Waals surface area contributed by atoms with Gasteiger partial charge in [-0.25, -0.2) is 0 Å². The Morgan fingerprint density at radius 3 is 3.00 bits per heavy atom. The second-order valence-corrected chi connectivity index (χ2v) is 4.83. The van der Waals surface area contributed by atoms with Crippen LogP contribution in [0.4, 0.5) is 0 Å². The average molecular weight is 217 g/mol. The normalized spacial score (nSPS) is 24.1. The van der Waals surface area contributed by atoms with Crippen molar-refractivity contribution in [1.82, 2.24) is 5.32 Å². The molecule has 2 aliphatic rings. The highest BCUT2D eigenvalue weighted by atomic mass is 16.5. The number of ether oxygens (including phenoxy) is 1. The van der Waals surface area contributed by atoms with Gasteiger partial charge in [-0.15, -0.1) is 0 Å². The summed E-state index contributed by atoms with van der Waals surface area (Å²) in [6.45, 7) is 2.10. The zero-order valence-electron chi connectivity index (χ0n) is 9.67. The van der Waals surface area contributed by atoms with Gasteiger partial charge in [0.15, 0.2) is 0 Å². The maximum Gasteiger partial charge on any atom is 0.123 e. The molecule has 0 spiro atoms. The molecule has 3 rings (SSSR count). The van der Waals surface area contributed by atoms with Crippen LogP contribution in [0.2, 0.25) is 0 Å². The molecule has 1 fully saturated rings. The molecule has 0 amide bonds. The zero-order valence-corrected chi connectivity index (χ0v) is 9.67. The summed E-state index contributed by atoms with van der Waals surface area (Å²) >= 11 is 0. The van der Waals surface area contributed by atoms with Gasteiger partial charge in [-0.05, 0) is 55.8 Å². The van der Waals surface area contributed by atoms with Crippen LogP contribution in [0.3, 0.4) is 0 Å². The van der Waals surface area contributed by atoms with E-state index in [9.17, 15) is 0 Å². The van der Waals surface area contributed by atoms with Gasteiger partial charge in [0.1, 0.15) is 11.9 Å². The van der Waals surface area contributed by atoms with Crippen molar-refractivity contribution in [1.29, 1.82) is 0 Å². The summed E-state index contributed by atoms with van der Waals surface area (Å²) in [6.07, 6.45) is 6.61. The molecule has 2 nitrogen and oxygen atoms in total. The molecular formula is C14H19NO. The predicted octanol–water partition coefficient (Wildman–Crippen LogP) is 2.31. The van der Waals surface area contributed by atoms with Crippen LogP contribution in [0, 0.1) is 0 Å². The Morgan fingerprint density at radius 1 is 1.19 bits per heavy atom. The lowest BCUT2D eigenvalue weighted by Gasteiger charge is -2.21. The highest BCUT2D eigenvalue weighted by Crippen LogP contribution is 2.30. The van der Waals surface area contributed by atoms with Crippen LogP contribution in [0.15, 0.2) is 18.2 Å². The number of benzene rings is 1. The van der Waals surface area contributed by atoms with E-state index >= 15 is 0 Å². The summed E-state index contributed by atoms with van der Waals surface area (Å²) in [5.74, 6) is 1.14. The molecule has 1 aliphatic heterocycles. The first-order chi connectivity index (χ1) is 7.93. The lowest BCUT2D eigenvalue weighted by Crippen LogP contribution is -2.20. The summed E-state index contributed by atoms with van der Waals surface area (Å²) in [6, 6.07) is 6.54. The fourth-order valence-electron chi connectivity index (χ4n) is 2.77. The van der Waals surface area contributed by atoms with Crippen molar-refractivity contribution < 1.29 is 4.74 Å². The largest absolute Gasteiger partial charge is 0.489 e. The van der Waals surface area contributed by atoms with Gasteiger partial charge >= 0.3 is 0 Å². The van der Waals surface area contributed by atoms with E-state index in [-0.39, 0.29) is 0 Å². The third kappa shape index (κ3) is 1.94. The maximum atomic E-state index is 6.11. The number of fused-ring (bicyclic) bond motifs is 1. The molecule has 0 saturated carbocycles. The number of nitrogens with one attached hydrogen (secondary N) is 1. The topological polar surface area (TPSA) is 21.3 Å². The molecule has 1 unspecified atom stereocenters. The minimum Gasteiger partial charge on any atom is -0.489 e. The van der Waals surface area contributed by atoms with Gasteiger partial charge in [-0.2, -0.15) is 0 Å². The summed E-state index contributed by atoms with van der Waals surface area (Å²) in [4.78, 5) is 0. The summed E-state index contributed by atoms with van der Waals surface area (Å²) in [5.41, 5.74) is 2.98. The molecule has 2 heteroatoms. The second-order valence-electron chi connectivity index (χ2n) is 4.83. The van der Waals surface area contributed by atoms with Crippen LogP contribution >= 0.6 is 0 Å². The maximum absolute atomic E-state index is 6.11. The fourth-order valence-corrected chi connectivity index (χ4v) is 2.77. The molecule has 1 aromatic rings. The van der Waals surface area contributed by atoms with Crippen molar-refractivity contribution in [2.75, 3.05) is 13.1 Å². The Balaban J connectivity index is 1.82. The minimum atomic E-state index is 0.383. The molecule has 86 valence electrons. The van der Waals surface area contributed by atoms with Crippen LogP contribution in [-0.4, -0.2) is 19.2 Å². The molecule has 1 atom stereocenters. The van der Waals surface area contributed by atoms with Crippen LogP contribution in [-0.2, 0) is 12.8 Å². The molecule has 1 aromatic carbocycles. The van der Waals surface area contributed by atoms with Crippen molar-refractivity contribution in [2.24, 2.45) is 0 Å². The molecule has 1 aliphatic carbocycles. The quantitative estimate of drug-likeness (QED) is 0.820. The molecule has 1 heterocycles. The van der Waals surface area contributed by atoms with Gasteiger partial charge in [0.05, 0.1) is 0 Å². The van der Waals surface area contributed by atoms with E-state index in [2.05, 4.69) is 23.5 Å². The third-order valence-electron chi connectivity index (χ3n) is 3.66. The van der Waals surface area contributed by atoms with E-state index in [0.29, 0.717) is 6.10 Å². The number of aryl methyl sites for hydroxylation is 1. The number of hydrogen-bond donors (Lipinski definition) is 1. The monoisotopic (exact) mass is 217 g/mol. The van der Waals surface area contributed by atoms with Crippen molar-refractivity contribution in [2.45, 2.75) is 38.2 Å². The Bertz CT molecular complexity index is 369. The SMILES string of the molecule is c1cc2c(c(OC3CCNC3)c1)CCCC2. The molecule has 1 N–H and O–H groups in total. The fraction of sp³-hybridized carbons (Fsp3) is 0.571. The lowest BCUT2D eigenvalue weighted by atomic mass is 9.91. The first kappa shape index (κ1) is 10.2. The number of hydrogen-bond acceptors (Lipinski definition) is 2. The Morgan fingerprint density at radius 2 is 2.12 bits per heavy atom. The van der Waals surface area contributed by atoms with Crippen molar-refractivity contribution in [3.63, 3.8) is 0 Å². The van der Waals surface area contributed by atoms with Crippen molar-refractivity contribution in [3.8, 4) is 5.75 Å². The average Bonchev–Trinajstić information content (AvgIpc) is 2.82. The highest BCUT2D eigenvalue weighted by molar-refractivity contribution is 5.41. The van der Waals surface area contributed by atoms with Crippen LogP contribution in [0.25, 0.3) is 0 Å². The van der Waals surface area contributed by atoms with Crippen LogP contribution < -0.4 is 10.1 Å². The van der Waals surface area contributed by atoms with Crippen molar-refractivity contribution >= 4 is 0 Å². The Labute approximate surface area is 97.0 Å². The standard InChI is InChI=1S/C14H19NO/c1-2-6-13-11(4-1)5-3-7-14(13)16-12-8-9-15-10-12/h3,5,7,12,15H,1-2,4,6,8-10H2. The molecule has 0 bridgehead atoms. The molecular weight excluding hydrogens is 198 g/mol. The van der Waals surface area contributed by atoms with E-state index in [4.69, 9.17) is 4.74 Å². The van der Waals surface area contributed by atoms with E-state index in [0.717, 1.165) is 25.3 Å². The van der Waals surface area contributed by atoms with Gasteiger partial charge in [0.25, 0.3) is 0 Å². The smallest absolute Gasteiger partial charge is 0.123 e. The molecule has 1 saturated heterocycles. The van der Waals surface area contributed by atoms with Gasteiger partial charge in [0.2, 0.25) is 0 Å². The number of rotatable bonds is 2. The van der Waals surface area contributed by atoms with Gasteiger partial charge in [0, 0.05) is 6.54 Å². The van der Waals surface area contributed by atoms with Crippen LogP contribution in [0.5, 0.6) is 5.75 Å². The lowest BCUT2D eigenvalue weighted by molar-refractivity contribution is 0.220. The van der Waals surface area contributed by atoms with E-state index in [1.165, 1.54) is 36.8 Å². The van der Waals surface area contributed by atoms with Gasteiger partial charge in [-0.1, -0.05) is 12.1 Å². The first-order valence-electron chi connectivity index (χ1n) is 6.41. The summed E-state index contributed by atoms with van der Waals surface area (Å²) in [5, 5.41) is 3.35. The predicted molar refractivity (Wildman–Crippen MR) is 65.0 cm³/mol. The molecule has 0 aromatic heterocycles. The molecule has 16 heavy (non-hydrogen) atoms. The van der Waals surface area contributed by atoms with Gasteiger partial charge < -0.3 is 10.1 Å². The minimum absolute atomic E-state index is 0.383. The van der Waals surface area contributed by atoms with Crippen molar-refractivity contribution in [3.05, 3.63) is 29.3 Å². The third-order valence-corrected chi connectivity index (χ3v) is 3.66. The second kappa shape index (κ2) is 4.46. The summed E-state index contributed by atoms with van der Waals surface area (Å²) < 4.78 is 6.11. The summed E-state index contributed by atoms with van der Waals surface area (Å²) in [7, 11) is 0. The first-order valence-corrected chi connectivity index (χ1v) is 6.41. The van der Waals surface area contributed by atoms with E-state index < -0.39 is 0 Å². The highest BCUT2D eigenvalue weighted by Gasteiger charge is 2.19. The van der Waals surface area contributed by atoms with Gasteiger partial charge in [-0.3, -0.25) is 0 Å². The zero-order chi connectivity index (χ0) is 10.8. The molecule has 0 radical (unpaired) electrons. The van der Waals surface area contributed by atoms with E-state index in [1.807, 2.05) is 0 Å².